The fourth-order valence-corrected chi connectivity index (χ4v) is 2.86. The van der Waals surface area contributed by atoms with E-state index in [1.807, 2.05) is 12.1 Å². The molecule has 2 aromatic heterocycles. The van der Waals surface area contributed by atoms with E-state index >= 15 is 0 Å². The van der Waals surface area contributed by atoms with Crippen molar-refractivity contribution in [1.29, 1.82) is 0 Å². The van der Waals surface area contributed by atoms with E-state index in [1.54, 1.807) is 17.6 Å². The number of β-amino-alcohol motifs (C(OH)–C–C–N with tert-alkyl or cyclic N) is 1. The Morgan fingerprint density at radius 3 is 3.24 bits per heavy atom. The Morgan fingerprint density at radius 1 is 1.59 bits per heavy atom. The number of furan rings is 1. The summed E-state index contributed by atoms with van der Waals surface area (Å²) in [7, 11) is 0. The molecule has 0 unspecified atom stereocenters. The molecule has 0 spiro atoms. The van der Waals surface area contributed by atoms with Crippen LogP contribution in [0.2, 0.25) is 0 Å². The van der Waals surface area contributed by atoms with Crippen LogP contribution in [0.3, 0.4) is 0 Å². The second kappa shape index (κ2) is 4.60. The molecule has 0 saturated carbocycles. The van der Waals surface area contributed by atoms with Gasteiger partial charge in [0.05, 0.1) is 18.1 Å². The lowest BCUT2D eigenvalue weighted by atomic mass is 10.3. The fraction of sp³-hybridized carbons (Fsp3) is 0.417. The van der Waals surface area contributed by atoms with E-state index in [1.165, 1.54) is 0 Å². The zero-order valence-corrected chi connectivity index (χ0v) is 10.2. The minimum absolute atomic E-state index is 0.168. The smallest absolute Gasteiger partial charge is 0.162 e. The molecule has 0 aromatic carbocycles. The largest absolute Gasteiger partial charge is 0.462 e. The third-order valence-electron chi connectivity index (χ3n) is 2.92. The van der Waals surface area contributed by atoms with E-state index in [4.69, 9.17) is 4.42 Å². The van der Waals surface area contributed by atoms with E-state index in [2.05, 4.69) is 15.3 Å². The molecule has 4 nitrogen and oxygen atoms in total. The number of hydrogen-bond acceptors (Lipinski definition) is 5. The molecule has 1 N–H and O–H groups in total. The average Bonchev–Trinajstić information content (AvgIpc) is 3.00. The van der Waals surface area contributed by atoms with Crippen molar-refractivity contribution in [3.63, 3.8) is 0 Å². The van der Waals surface area contributed by atoms with Crippen molar-refractivity contribution in [1.82, 2.24) is 9.88 Å². The van der Waals surface area contributed by atoms with Crippen LogP contribution in [0.25, 0.3) is 10.8 Å². The van der Waals surface area contributed by atoms with E-state index in [9.17, 15) is 5.11 Å². The van der Waals surface area contributed by atoms with Crippen LogP contribution < -0.4 is 0 Å². The summed E-state index contributed by atoms with van der Waals surface area (Å²) in [5, 5.41) is 12.4. The number of likely N-dealkylation sites (tertiary alicyclic amines) is 1. The molecule has 1 aliphatic rings. The monoisotopic (exact) mass is 250 g/mol. The molecule has 90 valence electrons. The van der Waals surface area contributed by atoms with Gasteiger partial charge in [0.15, 0.2) is 10.8 Å². The number of aliphatic hydroxyl groups excluding tert-OH is 1. The van der Waals surface area contributed by atoms with Crippen LogP contribution in [0.4, 0.5) is 0 Å². The molecule has 1 fully saturated rings. The highest BCUT2D eigenvalue weighted by Gasteiger charge is 2.21. The Kier molecular flexibility index (Phi) is 2.96. The summed E-state index contributed by atoms with van der Waals surface area (Å²) in [6, 6.07) is 3.79. The van der Waals surface area contributed by atoms with Crippen molar-refractivity contribution in [2.75, 3.05) is 13.1 Å². The number of hydrogen-bond donors (Lipinski definition) is 1. The Bertz CT molecular complexity index is 480. The first-order valence-electron chi connectivity index (χ1n) is 5.70. The van der Waals surface area contributed by atoms with Gasteiger partial charge in [0, 0.05) is 25.0 Å². The van der Waals surface area contributed by atoms with Crippen molar-refractivity contribution < 1.29 is 9.52 Å². The maximum atomic E-state index is 9.46. The molecule has 0 amide bonds. The van der Waals surface area contributed by atoms with Crippen molar-refractivity contribution >= 4 is 11.3 Å². The highest BCUT2D eigenvalue weighted by Crippen LogP contribution is 2.25. The molecule has 1 aliphatic heterocycles. The van der Waals surface area contributed by atoms with Gasteiger partial charge in [-0.25, -0.2) is 4.98 Å². The summed E-state index contributed by atoms with van der Waals surface area (Å²) < 4.78 is 5.31. The van der Waals surface area contributed by atoms with Crippen molar-refractivity contribution in [2.45, 2.75) is 19.1 Å². The van der Waals surface area contributed by atoms with Crippen LogP contribution in [0, 0.1) is 0 Å². The van der Waals surface area contributed by atoms with Gasteiger partial charge in [-0.05, 0) is 18.6 Å². The molecule has 5 heteroatoms. The minimum Gasteiger partial charge on any atom is -0.462 e. The topological polar surface area (TPSA) is 49.5 Å². The summed E-state index contributed by atoms with van der Waals surface area (Å²) in [5.41, 5.74) is 1.05. The maximum Gasteiger partial charge on any atom is 0.162 e. The van der Waals surface area contributed by atoms with Crippen molar-refractivity contribution in [3.05, 3.63) is 29.5 Å². The molecule has 1 saturated heterocycles. The molecular formula is C12H14N2O2S. The van der Waals surface area contributed by atoms with E-state index in [0.29, 0.717) is 0 Å². The number of rotatable bonds is 3. The molecule has 1 atom stereocenters. The molecule has 0 radical (unpaired) electrons. The number of aromatic nitrogens is 1. The Morgan fingerprint density at radius 2 is 2.53 bits per heavy atom. The van der Waals surface area contributed by atoms with Crippen LogP contribution in [0.15, 0.2) is 28.2 Å². The fourth-order valence-electron chi connectivity index (χ4n) is 2.08. The maximum absolute atomic E-state index is 9.46. The molecule has 0 bridgehead atoms. The van der Waals surface area contributed by atoms with Gasteiger partial charge in [-0.1, -0.05) is 0 Å². The lowest BCUT2D eigenvalue weighted by Gasteiger charge is -2.12. The average molecular weight is 250 g/mol. The summed E-state index contributed by atoms with van der Waals surface area (Å²) >= 11 is 1.60. The van der Waals surface area contributed by atoms with Crippen LogP contribution in [0.1, 0.15) is 12.1 Å². The zero-order valence-electron chi connectivity index (χ0n) is 9.37. The minimum atomic E-state index is -0.168. The van der Waals surface area contributed by atoms with Gasteiger partial charge in [0.2, 0.25) is 0 Å². The van der Waals surface area contributed by atoms with E-state index < -0.39 is 0 Å². The van der Waals surface area contributed by atoms with Gasteiger partial charge >= 0.3 is 0 Å². The molecule has 3 heterocycles. The predicted octanol–water partition coefficient (Wildman–Crippen LogP) is 1.97. The normalized spacial score (nSPS) is 21.1. The molecule has 3 rings (SSSR count). The van der Waals surface area contributed by atoms with Crippen LogP contribution in [0.5, 0.6) is 0 Å². The van der Waals surface area contributed by atoms with Gasteiger partial charge in [0.1, 0.15) is 0 Å². The van der Waals surface area contributed by atoms with Crippen LogP contribution in [-0.4, -0.2) is 34.2 Å². The second-order valence-corrected chi connectivity index (χ2v) is 5.16. The highest BCUT2D eigenvalue weighted by atomic mass is 32.1. The van der Waals surface area contributed by atoms with Crippen molar-refractivity contribution in [2.24, 2.45) is 0 Å². The van der Waals surface area contributed by atoms with Crippen LogP contribution in [-0.2, 0) is 6.54 Å². The number of thiazole rings is 1. The lowest BCUT2D eigenvalue weighted by Crippen LogP contribution is -2.21. The molecule has 0 aliphatic carbocycles. The zero-order chi connectivity index (χ0) is 11.7. The third-order valence-corrected chi connectivity index (χ3v) is 3.82. The standard InChI is InChI=1S/C12H14N2O2S/c15-10-3-4-14(7-10)6-9-8-17-12(13-9)11-2-1-5-16-11/h1-2,5,8,10,15H,3-4,6-7H2/t10-/m1/s1. The summed E-state index contributed by atoms with van der Waals surface area (Å²) in [5.74, 6) is 0.822. The van der Waals surface area contributed by atoms with Gasteiger partial charge in [-0.2, -0.15) is 0 Å². The first-order valence-corrected chi connectivity index (χ1v) is 6.58. The van der Waals surface area contributed by atoms with E-state index in [-0.39, 0.29) is 6.10 Å². The highest BCUT2D eigenvalue weighted by molar-refractivity contribution is 7.13. The Hall–Kier alpha value is -1.17. The quantitative estimate of drug-likeness (QED) is 0.904. The first-order chi connectivity index (χ1) is 8.31. The predicted molar refractivity (Wildman–Crippen MR) is 65.7 cm³/mol. The van der Waals surface area contributed by atoms with Gasteiger partial charge < -0.3 is 9.52 Å². The summed E-state index contributed by atoms with van der Waals surface area (Å²) in [6.45, 7) is 2.52. The Labute approximate surface area is 104 Å². The number of nitrogens with zero attached hydrogens (tertiary/aromatic N) is 2. The van der Waals surface area contributed by atoms with Crippen molar-refractivity contribution in [3.8, 4) is 10.8 Å². The van der Waals surface area contributed by atoms with Gasteiger partial charge in [-0.15, -0.1) is 11.3 Å². The van der Waals surface area contributed by atoms with E-state index in [0.717, 1.165) is 42.5 Å². The van der Waals surface area contributed by atoms with Crippen LogP contribution >= 0.6 is 11.3 Å². The van der Waals surface area contributed by atoms with Gasteiger partial charge in [-0.3, -0.25) is 4.90 Å². The third kappa shape index (κ3) is 2.41. The summed E-state index contributed by atoms with van der Waals surface area (Å²) in [4.78, 5) is 6.77. The molecule has 17 heavy (non-hydrogen) atoms. The molecular weight excluding hydrogens is 236 g/mol. The van der Waals surface area contributed by atoms with Gasteiger partial charge in [0.25, 0.3) is 0 Å². The first kappa shape index (κ1) is 11.0. The number of aliphatic hydroxyl groups is 1. The second-order valence-electron chi connectivity index (χ2n) is 4.30. The summed E-state index contributed by atoms with van der Waals surface area (Å²) in [6.07, 6.45) is 2.36. The SMILES string of the molecule is O[C@@H]1CCN(Cc2csc(-c3ccco3)n2)C1. The Balaban J connectivity index is 1.69. The molecule has 2 aromatic rings. The lowest BCUT2D eigenvalue weighted by molar-refractivity contribution is 0.174.